The van der Waals surface area contributed by atoms with Crippen molar-refractivity contribution in [1.29, 1.82) is 0 Å². The Balaban J connectivity index is 1.51. The van der Waals surface area contributed by atoms with Crippen molar-refractivity contribution in [2.45, 2.75) is 78.6 Å². The van der Waals surface area contributed by atoms with Gasteiger partial charge in [-0.1, -0.05) is 159 Å². The summed E-state index contributed by atoms with van der Waals surface area (Å²) in [4.78, 5) is 12.6. The van der Waals surface area contributed by atoms with Gasteiger partial charge in [-0.05, 0) is 104 Å². The Kier molecular flexibility index (Phi) is 10.2. The van der Waals surface area contributed by atoms with Gasteiger partial charge >= 0.3 is 0 Å². The van der Waals surface area contributed by atoms with Crippen LogP contribution in [0, 0.1) is 0 Å². The number of phenolic OH excluding ortho intramolecular Hbond substituents is 1. The largest absolute Gasteiger partial charge is 0.507 e. The lowest BCUT2D eigenvalue weighted by Gasteiger charge is -2.28. The van der Waals surface area contributed by atoms with Gasteiger partial charge in [-0.2, -0.15) is 0 Å². The number of benzene rings is 5. The molecule has 4 nitrogen and oxygen atoms in total. The SMILES string of the molecule is CC(C)(C)c1cc(-c2cc(-c3cccc(-c4cc(C(C)(C)C)ccc4O)c3)nc(N(c3ccccn3)c3ccccc3-c3ccccc3)c2)cc(C(C)(C)C)c1. The van der Waals surface area contributed by atoms with Crippen LogP contribution in [0.1, 0.15) is 79.0 Å². The second-order valence-electron chi connectivity index (χ2n) is 17.9. The van der Waals surface area contributed by atoms with Crippen LogP contribution in [0.5, 0.6) is 5.75 Å². The monoisotopic (exact) mass is 735 g/mol. The molecule has 0 bridgehead atoms. The average molecular weight is 736 g/mol. The first-order valence-electron chi connectivity index (χ1n) is 19.5. The van der Waals surface area contributed by atoms with Gasteiger partial charge in [0.05, 0.1) is 11.4 Å². The van der Waals surface area contributed by atoms with E-state index in [2.05, 4.69) is 176 Å². The minimum atomic E-state index is -0.0661. The van der Waals surface area contributed by atoms with Gasteiger partial charge in [0.1, 0.15) is 17.4 Å². The van der Waals surface area contributed by atoms with Crippen LogP contribution in [-0.2, 0) is 16.2 Å². The molecular weight excluding hydrogens is 683 g/mol. The number of hydrogen-bond donors (Lipinski definition) is 1. The fourth-order valence-corrected chi connectivity index (χ4v) is 7.07. The normalized spacial score (nSPS) is 12.1. The van der Waals surface area contributed by atoms with Gasteiger partial charge in [-0.15, -0.1) is 0 Å². The van der Waals surface area contributed by atoms with Crippen molar-refractivity contribution in [3.05, 3.63) is 168 Å². The molecule has 282 valence electrons. The quantitative estimate of drug-likeness (QED) is 0.177. The van der Waals surface area contributed by atoms with E-state index in [1.807, 2.05) is 42.6 Å². The number of hydrogen-bond acceptors (Lipinski definition) is 4. The van der Waals surface area contributed by atoms with E-state index in [1.165, 1.54) is 11.1 Å². The van der Waals surface area contributed by atoms with E-state index >= 15 is 0 Å². The van der Waals surface area contributed by atoms with Crippen LogP contribution in [0.3, 0.4) is 0 Å². The van der Waals surface area contributed by atoms with Crippen molar-refractivity contribution < 1.29 is 5.11 Å². The molecule has 0 radical (unpaired) electrons. The van der Waals surface area contributed by atoms with Crippen LogP contribution in [0.15, 0.2) is 152 Å². The maximum Gasteiger partial charge on any atom is 0.140 e. The number of phenols is 1. The van der Waals surface area contributed by atoms with Crippen LogP contribution in [0.25, 0.3) is 44.6 Å². The van der Waals surface area contributed by atoms with Crippen molar-refractivity contribution in [3.63, 3.8) is 0 Å². The van der Waals surface area contributed by atoms with E-state index in [1.54, 1.807) is 0 Å². The highest BCUT2D eigenvalue weighted by Crippen LogP contribution is 2.43. The molecule has 0 saturated heterocycles. The Bertz CT molecular complexity index is 2450. The summed E-state index contributed by atoms with van der Waals surface area (Å²) in [6.07, 6.45) is 1.84. The average Bonchev–Trinajstić information content (AvgIpc) is 3.18. The molecule has 2 aromatic heterocycles. The van der Waals surface area contributed by atoms with Crippen molar-refractivity contribution >= 4 is 17.3 Å². The van der Waals surface area contributed by atoms with Crippen LogP contribution in [-0.4, -0.2) is 15.1 Å². The summed E-state index contributed by atoms with van der Waals surface area (Å²) in [5, 5.41) is 11.2. The van der Waals surface area contributed by atoms with Gasteiger partial charge in [-0.25, -0.2) is 9.97 Å². The number of rotatable bonds is 7. The van der Waals surface area contributed by atoms with E-state index in [4.69, 9.17) is 9.97 Å². The molecule has 0 saturated carbocycles. The zero-order valence-electron chi connectivity index (χ0n) is 34.2. The second-order valence-corrected chi connectivity index (χ2v) is 17.9. The number of para-hydroxylation sites is 1. The third-order valence-electron chi connectivity index (χ3n) is 10.5. The highest BCUT2D eigenvalue weighted by molar-refractivity contribution is 5.88. The van der Waals surface area contributed by atoms with Gasteiger partial charge < -0.3 is 5.11 Å². The van der Waals surface area contributed by atoms with Gasteiger partial charge in [0, 0.05) is 22.9 Å². The van der Waals surface area contributed by atoms with Crippen molar-refractivity contribution in [3.8, 4) is 50.4 Å². The molecule has 7 rings (SSSR count). The van der Waals surface area contributed by atoms with Crippen LogP contribution in [0.2, 0.25) is 0 Å². The van der Waals surface area contributed by atoms with Crippen molar-refractivity contribution in [2.75, 3.05) is 4.90 Å². The molecule has 0 fully saturated rings. The first kappa shape index (κ1) is 38.3. The minimum Gasteiger partial charge on any atom is -0.507 e. The number of anilines is 3. The fourth-order valence-electron chi connectivity index (χ4n) is 7.07. The molecule has 0 atom stereocenters. The van der Waals surface area contributed by atoms with Gasteiger partial charge in [0.2, 0.25) is 0 Å². The van der Waals surface area contributed by atoms with E-state index in [0.29, 0.717) is 0 Å². The predicted molar refractivity (Wildman–Crippen MR) is 236 cm³/mol. The second kappa shape index (κ2) is 14.9. The minimum absolute atomic E-state index is 0.0543. The lowest BCUT2D eigenvalue weighted by Crippen LogP contribution is -2.17. The number of aromatic nitrogens is 2. The molecule has 7 aromatic rings. The molecule has 0 amide bonds. The summed E-state index contributed by atoms with van der Waals surface area (Å²) in [5.74, 6) is 1.77. The van der Waals surface area contributed by atoms with Crippen LogP contribution >= 0.6 is 0 Å². The van der Waals surface area contributed by atoms with Crippen LogP contribution in [0.4, 0.5) is 17.3 Å². The molecular formula is C52H53N3O. The summed E-state index contributed by atoms with van der Waals surface area (Å²) in [6.45, 7) is 20.3. The number of aromatic hydroxyl groups is 1. The Hall–Kier alpha value is -6.00. The summed E-state index contributed by atoms with van der Waals surface area (Å²) in [6, 6.07) is 50.7. The molecule has 1 N–H and O–H groups in total. The summed E-state index contributed by atoms with van der Waals surface area (Å²) < 4.78 is 0. The summed E-state index contributed by atoms with van der Waals surface area (Å²) in [5.41, 5.74) is 12.4. The van der Waals surface area contributed by atoms with E-state index < -0.39 is 0 Å². The smallest absolute Gasteiger partial charge is 0.140 e. The van der Waals surface area contributed by atoms with E-state index in [-0.39, 0.29) is 22.0 Å². The Morgan fingerprint density at radius 1 is 0.429 bits per heavy atom. The Morgan fingerprint density at radius 2 is 1.04 bits per heavy atom. The molecule has 56 heavy (non-hydrogen) atoms. The standard InChI is InChI=1S/C52H53N3O/c1-50(2,3)40-25-26-47(56)44(34-40)36-20-17-21-37(28-36)45-31-39(38-29-41(51(4,5)6)33-42(30-38)52(7,8)9)32-49(54-45)55(48-24-15-16-27-53-48)46-23-14-13-22-43(46)35-18-11-10-12-19-35/h10-34,56H,1-9H3. The number of nitrogens with zero attached hydrogens (tertiary/aromatic N) is 3. The molecule has 4 heteroatoms. The highest BCUT2D eigenvalue weighted by Gasteiger charge is 2.24. The Morgan fingerprint density at radius 3 is 1.70 bits per heavy atom. The Labute approximate surface area is 333 Å². The molecule has 0 unspecified atom stereocenters. The molecule has 0 aliphatic heterocycles. The van der Waals surface area contributed by atoms with Gasteiger partial charge in [-0.3, -0.25) is 4.90 Å². The zero-order valence-corrected chi connectivity index (χ0v) is 34.2. The maximum absolute atomic E-state index is 11.2. The van der Waals surface area contributed by atoms with Crippen molar-refractivity contribution in [1.82, 2.24) is 9.97 Å². The molecule has 0 spiro atoms. The summed E-state index contributed by atoms with van der Waals surface area (Å²) in [7, 11) is 0. The topological polar surface area (TPSA) is 49.3 Å². The fraction of sp³-hybridized carbons (Fsp3) is 0.231. The predicted octanol–water partition coefficient (Wildman–Crippen LogP) is 14.2. The molecule has 0 aliphatic rings. The third kappa shape index (κ3) is 8.16. The lowest BCUT2D eigenvalue weighted by atomic mass is 9.79. The first-order valence-corrected chi connectivity index (χ1v) is 19.5. The van der Waals surface area contributed by atoms with Gasteiger partial charge in [0.25, 0.3) is 0 Å². The third-order valence-corrected chi connectivity index (χ3v) is 10.5. The van der Waals surface area contributed by atoms with Crippen LogP contribution < -0.4 is 4.90 Å². The van der Waals surface area contributed by atoms with E-state index in [0.717, 1.165) is 67.5 Å². The van der Waals surface area contributed by atoms with E-state index in [9.17, 15) is 5.11 Å². The zero-order chi connectivity index (χ0) is 39.8. The molecule has 5 aromatic carbocycles. The van der Waals surface area contributed by atoms with Gasteiger partial charge in [0.15, 0.2) is 0 Å². The highest BCUT2D eigenvalue weighted by atomic mass is 16.3. The first-order chi connectivity index (χ1) is 26.6. The lowest BCUT2D eigenvalue weighted by molar-refractivity contribution is 0.476. The summed E-state index contributed by atoms with van der Waals surface area (Å²) >= 11 is 0. The van der Waals surface area contributed by atoms with Crippen molar-refractivity contribution in [2.24, 2.45) is 0 Å². The maximum atomic E-state index is 11.2. The molecule has 2 heterocycles. The number of pyridine rings is 2. The molecule has 0 aliphatic carbocycles.